The third-order valence-electron chi connectivity index (χ3n) is 4.63. The molecule has 1 fully saturated rings. The normalized spacial score (nSPS) is 19.5. The number of benzene rings is 1. The Bertz CT molecular complexity index is 411. The number of rotatable bonds is 7. The van der Waals surface area contributed by atoms with Gasteiger partial charge in [0.25, 0.3) is 0 Å². The van der Waals surface area contributed by atoms with Gasteiger partial charge in [-0.05, 0) is 56.2 Å². The molecule has 104 valence electrons. The Kier molecular flexibility index (Phi) is 4.07. The molecule has 0 saturated heterocycles. The lowest BCUT2D eigenvalue weighted by atomic mass is 10.1. The maximum Gasteiger partial charge on any atom is 0.0399 e. The van der Waals surface area contributed by atoms with E-state index < -0.39 is 0 Å². The van der Waals surface area contributed by atoms with Crippen LogP contribution in [0.5, 0.6) is 0 Å². The third-order valence-corrected chi connectivity index (χ3v) is 4.63. The molecule has 1 N–H and O–H groups in total. The topological polar surface area (TPSA) is 15.3 Å². The van der Waals surface area contributed by atoms with Crippen LogP contribution >= 0.6 is 0 Å². The zero-order valence-electron chi connectivity index (χ0n) is 12.1. The number of hydrogen-bond acceptors (Lipinski definition) is 2. The highest BCUT2D eigenvalue weighted by atomic mass is 15.1. The van der Waals surface area contributed by atoms with Gasteiger partial charge in [0.15, 0.2) is 0 Å². The quantitative estimate of drug-likeness (QED) is 0.755. The highest BCUT2D eigenvalue weighted by Gasteiger charge is 2.29. The maximum absolute atomic E-state index is 3.75. The lowest BCUT2D eigenvalue weighted by molar-refractivity contribution is 0.446. The lowest BCUT2D eigenvalue weighted by Gasteiger charge is -2.21. The maximum atomic E-state index is 3.75. The predicted octanol–water partition coefficient (Wildman–Crippen LogP) is 3.22. The van der Waals surface area contributed by atoms with Gasteiger partial charge in [-0.1, -0.05) is 25.1 Å². The summed E-state index contributed by atoms with van der Waals surface area (Å²) in [5.41, 5.74) is 3.00. The molecule has 0 radical (unpaired) electrons. The Morgan fingerprint density at radius 1 is 1.32 bits per heavy atom. The van der Waals surface area contributed by atoms with Crippen LogP contribution in [0, 0.1) is 5.92 Å². The van der Waals surface area contributed by atoms with Gasteiger partial charge >= 0.3 is 0 Å². The van der Waals surface area contributed by atoms with Crippen LogP contribution in [0.15, 0.2) is 24.3 Å². The number of hydrogen-bond donors (Lipinski definition) is 1. The molecular formula is C17H26N2. The van der Waals surface area contributed by atoms with Crippen LogP contribution in [0.25, 0.3) is 0 Å². The fourth-order valence-electron chi connectivity index (χ4n) is 3.34. The van der Waals surface area contributed by atoms with Gasteiger partial charge in [0.1, 0.15) is 0 Å². The van der Waals surface area contributed by atoms with Crippen molar-refractivity contribution in [3.8, 4) is 0 Å². The second-order valence-electron chi connectivity index (χ2n) is 6.03. The standard InChI is InChI=1S/C17H26N2/c1-2-16(14-8-9-14)18-11-5-12-19-13-10-15-6-3-4-7-17(15)19/h3-4,6-7,14,16,18H,2,5,8-13H2,1H3. The Labute approximate surface area is 117 Å². The van der Waals surface area contributed by atoms with Crippen molar-refractivity contribution >= 4 is 5.69 Å². The number of anilines is 1. The first-order chi connectivity index (χ1) is 9.38. The molecule has 1 saturated carbocycles. The summed E-state index contributed by atoms with van der Waals surface area (Å²) in [7, 11) is 0. The van der Waals surface area contributed by atoms with Crippen molar-refractivity contribution in [1.29, 1.82) is 0 Å². The SMILES string of the molecule is CCC(NCCCN1CCc2ccccc21)C1CC1. The second-order valence-corrected chi connectivity index (χ2v) is 6.03. The van der Waals surface area contributed by atoms with E-state index in [0.717, 1.165) is 12.0 Å². The summed E-state index contributed by atoms with van der Waals surface area (Å²) >= 11 is 0. The van der Waals surface area contributed by atoms with Gasteiger partial charge < -0.3 is 10.2 Å². The lowest BCUT2D eigenvalue weighted by Crippen LogP contribution is -2.33. The zero-order chi connectivity index (χ0) is 13.1. The first-order valence-electron chi connectivity index (χ1n) is 7.94. The molecule has 1 unspecified atom stereocenters. The van der Waals surface area contributed by atoms with Crippen molar-refractivity contribution in [3.63, 3.8) is 0 Å². The third kappa shape index (κ3) is 3.11. The van der Waals surface area contributed by atoms with Gasteiger partial charge in [-0.25, -0.2) is 0 Å². The molecule has 1 aliphatic heterocycles. The van der Waals surface area contributed by atoms with Crippen molar-refractivity contribution in [2.45, 2.75) is 45.1 Å². The predicted molar refractivity (Wildman–Crippen MR) is 81.8 cm³/mol. The summed E-state index contributed by atoms with van der Waals surface area (Å²) in [6.07, 6.45) is 6.67. The van der Waals surface area contributed by atoms with E-state index in [1.54, 1.807) is 0 Å². The van der Waals surface area contributed by atoms with E-state index >= 15 is 0 Å². The summed E-state index contributed by atoms with van der Waals surface area (Å²) in [6, 6.07) is 9.65. The Balaban J connectivity index is 1.41. The highest BCUT2D eigenvalue weighted by Crippen LogP contribution is 2.33. The van der Waals surface area contributed by atoms with Crippen LogP contribution < -0.4 is 10.2 Å². The summed E-state index contributed by atoms with van der Waals surface area (Å²) in [5, 5.41) is 3.75. The zero-order valence-corrected chi connectivity index (χ0v) is 12.1. The average molecular weight is 258 g/mol. The fraction of sp³-hybridized carbons (Fsp3) is 0.647. The molecule has 1 aromatic rings. The largest absolute Gasteiger partial charge is 0.371 e. The van der Waals surface area contributed by atoms with Crippen molar-refractivity contribution in [3.05, 3.63) is 29.8 Å². The van der Waals surface area contributed by atoms with Crippen molar-refractivity contribution < 1.29 is 0 Å². The van der Waals surface area contributed by atoms with E-state index in [-0.39, 0.29) is 0 Å². The van der Waals surface area contributed by atoms with E-state index in [0.29, 0.717) is 0 Å². The molecule has 1 heterocycles. The minimum Gasteiger partial charge on any atom is -0.371 e. The summed E-state index contributed by atoms with van der Waals surface area (Å²) in [4.78, 5) is 2.55. The number of nitrogens with one attached hydrogen (secondary N) is 1. The van der Waals surface area contributed by atoms with Crippen LogP contribution in [0.3, 0.4) is 0 Å². The number of nitrogens with zero attached hydrogens (tertiary/aromatic N) is 1. The van der Waals surface area contributed by atoms with E-state index in [1.807, 2.05) is 0 Å². The molecular weight excluding hydrogens is 232 g/mol. The molecule has 19 heavy (non-hydrogen) atoms. The highest BCUT2D eigenvalue weighted by molar-refractivity contribution is 5.57. The first kappa shape index (κ1) is 13.0. The molecule has 2 aliphatic rings. The molecule has 2 heteroatoms. The van der Waals surface area contributed by atoms with Crippen LogP contribution in [-0.4, -0.2) is 25.7 Å². The Hall–Kier alpha value is -1.02. The van der Waals surface area contributed by atoms with Crippen LogP contribution in [0.2, 0.25) is 0 Å². The number of fused-ring (bicyclic) bond motifs is 1. The summed E-state index contributed by atoms with van der Waals surface area (Å²) < 4.78 is 0. The second kappa shape index (κ2) is 5.96. The van der Waals surface area contributed by atoms with Crippen LogP contribution in [-0.2, 0) is 6.42 Å². The van der Waals surface area contributed by atoms with E-state index in [4.69, 9.17) is 0 Å². The summed E-state index contributed by atoms with van der Waals surface area (Å²) in [5.74, 6) is 0.984. The molecule has 2 nitrogen and oxygen atoms in total. The molecule has 0 spiro atoms. The molecule has 0 amide bonds. The van der Waals surface area contributed by atoms with Gasteiger partial charge in [0.05, 0.1) is 0 Å². The molecule has 0 bridgehead atoms. The van der Waals surface area contributed by atoms with Crippen molar-refractivity contribution in [2.75, 3.05) is 24.5 Å². The monoisotopic (exact) mass is 258 g/mol. The smallest absolute Gasteiger partial charge is 0.0399 e. The fourth-order valence-corrected chi connectivity index (χ4v) is 3.34. The van der Waals surface area contributed by atoms with E-state index in [1.165, 1.54) is 63.0 Å². The molecule has 1 aromatic carbocycles. The first-order valence-corrected chi connectivity index (χ1v) is 7.94. The van der Waals surface area contributed by atoms with Gasteiger partial charge in [0.2, 0.25) is 0 Å². The average Bonchev–Trinajstić information content (AvgIpc) is 3.20. The molecule has 0 aromatic heterocycles. The van der Waals surface area contributed by atoms with Gasteiger partial charge in [-0.15, -0.1) is 0 Å². The van der Waals surface area contributed by atoms with Crippen molar-refractivity contribution in [2.24, 2.45) is 5.92 Å². The molecule has 3 rings (SSSR count). The minimum absolute atomic E-state index is 0.783. The Morgan fingerprint density at radius 3 is 2.95 bits per heavy atom. The van der Waals surface area contributed by atoms with E-state index in [9.17, 15) is 0 Å². The summed E-state index contributed by atoms with van der Waals surface area (Å²) in [6.45, 7) is 5.89. The van der Waals surface area contributed by atoms with E-state index in [2.05, 4.69) is 41.4 Å². The van der Waals surface area contributed by atoms with Gasteiger partial charge in [-0.3, -0.25) is 0 Å². The van der Waals surface area contributed by atoms with Crippen molar-refractivity contribution in [1.82, 2.24) is 5.32 Å². The minimum atomic E-state index is 0.783. The van der Waals surface area contributed by atoms with Gasteiger partial charge in [0, 0.05) is 24.8 Å². The molecule has 1 atom stereocenters. The molecule has 1 aliphatic carbocycles. The number of para-hydroxylation sites is 1. The Morgan fingerprint density at radius 2 is 2.16 bits per heavy atom. The van der Waals surface area contributed by atoms with Crippen LogP contribution in [0.1, 0.15) is 38.2 Å². The van der Waals surface area contributed by atoms with Crippen LogP contribution in [0.4, 0.5) is 5.69 Å². The van der Waals surface area contributed by atoms with Gasteiger partial charge in [-0.2, -0.15) is 0 Å².